The maximum Gasteiger partial charge on any atom is 0.0791 e. The van der Waals surface area contributed by atoms with Gasteiger partial charge in [-0.25, -0.2) is 0 Å². The fourth-order valence-corrected chi connectivity index (χ4v) is 3.14. The van der Waals surface area contributed by atoms with Crippen LogP contribution in [0.15, 0.2) is 53.6 Å². The van der Waals surface area contributed by atoms with Crippen LogP contribution in [0.1, 0.15) is 41.5 Å². The van der Waals surface area contributed by atoms with E-state index in [0.717, 1.165) is 17.7 Å². The molecule has 20 heavy (non-hydrogen) atoms. The molecule has 1 aromatic carbocycles. The van der Waals surface area contributed by atoms with Crippen LogP contribution in [0, 0.1) is 13.8 Å². The standard InChI is InChI=1S/C19H21N/c1-5-6-7-13(3)19-16-11-12(2)10-14(4)18(16)15-8-9-17(15)20-19/h6-11,15,17H,3,5H2,1-2,4H3/b7-6-. The molecule has 0 aromatic heterocycles. The van der Waals surface area contributed by atoms with Crippen molar-refractivity contribution in [2.45, 2.75) is 39.2 Å². The van der Waals surface area contributed by atoms with Gasteiger partial charge < -0.3 is 0 Å². The van der Waals surface area contributed by atoms with E-state index in [1.54, 1.807) is 0 Å². The van der Waals surface area contributed by atoms with Crippen LogP contribution in [0.2, 0.25) is 0 Å². The van der Waals surface area contributed by atoms with Crippen LogP contribution in [-0.4, -0.2) is 11.8 Å². The molecule has 0 radical (unpaired) electrons. The number of aliphatic imine (C=N–C) groups is 1. The van der Waals surface area contributed by atoms with Gasteiger partial charge in [-0.1, -0.05) is 49.4 Å². The van der Waals surface area contributed by atoms with Gasteiger partial charge >= 0.3 is 0 Å². The Morgan fingerprint density at radius 3 is 2.75 bits per heavy atom. The summed E-state index contributed by atoms with van der Waals surface area (Å²) < 4.78 is 0. The van der Waals surface area contributed by atoms with Crippen LogP contribution in [0.4, 0.5) is 0 Å². The van der Waals surface area contributed by atoms with Crippen molar-refractivity contribution in [1.29, 1.82) is 0 Å². The maximum absolute atomic E-state index is 4.91. The summed E-state index contributed by atoms with van der Waals surface area (Å²) in [5.41, 5.74) is 7.49. The molecule has 1 aromatic rings. The Labute approximate surface area is 121 Å². The molecular formula is C19H21N. The molecule has 3 rings (SSSR count). The largest absolute Gasteiger partial charge is 0.276 e. The summed E-state index contributed by atoms with van der Waals surface area (Å²) in [5, 5.41) is 0. The predicted octanol–water partition coefficient (Wildman–Crippen LogP) is 4.65. The van der Waals surface area contributed by atoms with Crippen LogP contribution in [0.5, 0.6) is 0 Å². The van der Waals surface area contributed by atoms with Crippen molar-refractivity contribution in [3.63, 3.8) is 0 Å². The fraction of sp³-hybridized carbons (Fsp3) is 0.316. The van der Waals surface area contributed by atoms with Crippen LogP contribution in [0.25, 0.3) is 0 Å². The molecule has 1 heteroatoms. The highest BCUT2D eigenvalue weighted by atomic mass is 14.8. The Morgan fingerprint density at radius 2 is 2.10 bits per heavy atom. The number of hydrogen-bond donors (Lipinski definition) is 0. The normalized spacial score (nSPS) is 23.1. The minimum Gasteiger partial charge on any atom is -0.276 e. The van der Waals surface area contributed by atoms with Crippen molar-refractivity contribution in [2.75, 3.05) is 0 Å². The summed E-state index contributed by atoms with van der Waals surface area (Å²) in [6.07, 6.45) is 9.75. The number of hydrogen-bond acceptors (Lipinski definition) is 1. The molecule has 1 aliphatic heterocycles. The monoisotopic (exact) mass is 263 g/mol. The summed E-state index contributed by atoms with van der Waals surface area (Å²) in [6, 6.07) is 4.84. The van der Waals surface area contributed by atoms with E-state index in [-0.39, 0.29) is 0 Å². The van der Waals surface area contributed by atoms with E-state index >= 15 is 0 Å². The van der Waals surface area contributed by atoms with Gasteiger partial charge in [0.15, 0.2) is 0 Å². The second-order valence-corrected chi connectivity index (χ2v) is 5.76. The van der Waals surface area contributed by atoms with Crippen LogP contribution in [-0.2, 0) is 0 Å². The molecule has 0 saturated heterocycles. The molecule has 1 heterocycles. The van der Waals surface area contributed by atoms with Gasteiger partial charge in [0.25, 0.3) is 0 Å². The molecule has 2 unspecified atom stereocenters. The highest BCUT2D eigenvalue weighted by Crippen LogP contribution is 2.41. The van der Waals surface area contributed by atoms with Gasteiger partial charge in [-0.2, -0.15) is 0 Å². The second-order valence-electron chi connectivity index (χ2n) is 5.76. The lowest BCUT2D eigenvalue weighted by atomic mass is 9.74. The summed E-state index contributed by atoms with van der Waals surface area (Å²) in [6.45, 7) is 10.7. The SMILES string of the molecule is C=C(/C=C\CC)C1=NC2C=CC2c2c(C)cc(C)cc21. The van der Waals surface area contributed by atoms with Crippen molar-refractivity contribution in [1.82, 2.24) is 0 Å². The Hall–Kier alpha value is -1.89. The Balaban J connectivity index is 2.13. The lowest BCUT2D eigenvalue weighted by Crippen LogP contribution is -2.30. The first-order valence-electron chi connectivity index (χ1n) is 7.35. The van der Waals surface area contributed by atoms with Gasteiger partial charge in [0, 0.05) is 11.5 Å². The first-order chi connectivity index (χ1) is 9.61. The number of benzene rings is 1. The van der Waals surface area contributed by atoms with Crippen LogP contribution in [0.3, 0.4) is 0 Å². The molecule has 0 fully saturated rings. The molecule has 0 amide bonds. The molecule has 0 saturated carbocycles. The number of allylic oxidation sites excluding steroid dienone is 3. The third-order valence-corrected chi connectivity index (χ3v) is 4.14. The fourth-order valence-electron chi connectivity index (χ4n) is 3.14. The Bertz CT molecular complexity index is 659. The minimum absolute atomic E-state index is 0.311. The lowest BCUT2D eigenvalue weighted by molar-refractivity contribution is 0.648. The number of rotatable bonds is 3. The van der Waals surface area contributed by atoms with E-state index in [1.807, 2.05) is 0 Å². The number of aryl methyl sites for hydroxylation is 2. The van der Waals surface area contributed by atoms with E-state index < -0.39 is 0 Å². The van der Waals surface area contributed by atoms with Gasteiger partial charge in [-0.3, -0.25) is 4.99 Å². The van der Waals surface area contributed by atoms with Crippen molar-refractivity contribution >= 4 is 5.71 Å². The Morgan fingerprint density at radius 1 is 1.30 bits per heavy atom. The maximum atomic E-state index is 4.91. The smallest absolute Gasteiger partial charge is 0.0791 e. The molecule has 1 aliphatic carbocycles. The molecule has 1 nitrogen and oxygen atoms in total. The van der Waals surface area contributed by atoms with Gasteiger partial charge in [-0.15, -0.1) is 0 Å². The highest BCUT2D eigenvalue weighted by molar-refractivity contribution is 6.16. The van der Waals surface area contributed by atoms with Crippen LogP contribution < -0.4 is 0 Å². The molecule has 0 spiro atoms. The first-order valence-corrected chi connectivity index (χ1v) is 7.35. The van der Waals surface area contributed by atoms with Crippen molar-refractivity contribution in [3.05, 3.63) is 70.8 Å². The summed E-state index contributed by atoms with van der Waals surface area (Å²) in [5.74, 6) is 0.470. The Kier molecular flexibility index (Phi) is 3.21. The van der Waals surface area contributed by atoms with Crippen molar-refractivity contribution in [3.8, 4) is 0 Å². The summed E-state index contributed by atoms with van der Waals surface area (Å²) in [7, 11) is 0. The molecule has 0 N–H and O–H groups in total. The summed E-state index contributed by atoms with van der Waals surface area (Å²) >= 11 is 0. The molecule has 2 atom stereocenters. The van der Waals surface area contributed by atoms with E-state index in [0.29, 0.717) is 12.0 Å². The van der Waals surface area contributed by atoms with E-state index in [4.69, 9.17) is 4.99 Å². The van der Waals surface area contributed by atoms with E-state index in [9.17, 15) is 0 Å². The molecular weight excluding hydrogens is 242 g/mol. The third kappa shape index (κ3) is 1.98. The zero-order valence-electron chi connectivity index (χ0n) is 12.5. The van der Waals surface area contributed by atoms with Gasteiger partial charge in [-0.05, 0) is 43.0 Å². The highest BCUT2D eigenvalue weighted by Gasteiger charge is 2.34. The number of nitrogens with zero attached hydrogens (tertiary/aromatic N) is 1. The average molecular weight is 263 g/mol. The van der Waals surface area contributed by atoms with Gasteiger partial charge in [0.05, 0.1) is 11.8 Å². The van der Waals surface area contributed by atoms with Crippen molar-refractivity contribution in [2.24, 2.45) is 4.99 Å². The minimum atomic E-state index is 0.311. The topological polar surface area (TPSA) is 12.4 Å². The molecule has 2 aliphatic rings. The first kappa shape index (κ1) is 13.1. The van der Waals surface area contributed by atoms with E-state index in [2.05, 4.69) is 63.8 Å². The quantitative estimate of drug-likeness (QED) is 0.556. The zero-order valence-corrected chi connectivity index (χ0v) is 12.5. The molecule has 102 valence electrons. The van der Waals surface area contributed by atoms with Gasteiger partial charge in [0.2, 0.25) is 0 Å². The van der Waals surface area contributed by atoms with Crippen molar-refractivity contribution < 1.29 is 0 Å². The average Bonchev–Trinajstić information content (AvgIpc) is 2.37. The lowest BCUT2D eigenvalue weighted by Gasteiger charge is -2.35. The van der Waals surface area contributed by atoms with Gasteiger partial charge in [0.1, 0.15) is 0 Å². The zero-order chi connectivity index (χ0) is 14.3. The summed E-state index contributed by atoms with van der Waals surface area (Å²) in [4.78, 5) is 4.91. The van der Waals surface area contributed by atoms with E-state index in [1.165, 1.54) is 22.3 Å². The third-order valence-electron chi connectivity index (χ3n) is 4.14. The predicted molar refractivity (Wildman–Crippen MR) is 86.7 cm³/mol. The molecule has 0 bridgehead atoms. The van der Waals surface area contributed by atoms with Crippen LogP contribution >= 0.6 is 0 Å². The second kappa shape index (κ2) is 4.90. The number of fused-ring (bicyclic) bond motifs is 3.